The lowest BCUT2D eigenvalue weighted by Crippen LogP contribution is -2.07. The molecule has 1 N–H and O–H groups in total. The maximum Gasteiger partial charge on any atom is 0.327 e. The quantitative estimate of drug-likeness (QED) is 0.644. The van der Waals surface area contributed by atoms with Crippen molar-refractivity contribution in [3.05, 3.63) is 12.2 Å². The number of carboxylic acids is 1. The van der Waals surface area contributed by atoms with E-state index in [-0.39, 0.29) is 5.41 Å². The summed E-state index contributed by atoms with van der Waals surface area (Å²) >= 11 is 0. The van der Waals surface area contributed by atoms with Gasteiger partial charge in [0.2, 0.25) is 0 Å². The van der Waals surface area contributed by atoms with Gasteiger partial charge < -0.3 is 5.11 Å². The third-order valence-corrected chi connectivity index (χ3v) is 1.85. The topological polar surface area (TPSA) is 37.3 Å². The normalized spacial score (nSPS) is 12.2. The van der Waals surface area contributed by atoms with E-state index < -0.39 is 5.97 Å². The minimum Gasteiger partial charge on any atom is -0.478 e. The van der Waals surface area contributed by atoms with Crippen molar-refractivity contribution in [3.63, 3.8) is 0 Å². The number of hydrogen-bond donors (Lipinski definition) is 1. The van der Waals surface area contributed by atoms with Crippen LogP contribution in [-0.4, -0.2) is 11.1 Å². The Balaban J connectivity index is 3.93. The Bertz CT molecular complexity index is 169. The molecule has 0 aliphatic carbocycles. The van der Waals surface area contributed by atoms with Crippen molar-refractivity contribution >= 4 is 5.97 Å². The van der Waals surface area contributed by atoms with Crippen LogP contribution in [0.25, 0.3) is 0 Å². The smallest absolute Gasteiger partial charge is 0.327 e. The van der Waals surface area contributed by atoms with Gasteiger partial charge in [0, 0.05) is 6.08 Å². The average Bonchev–Trinajstić information content (AvgIpc) is 1.98. The molecule has 0 spiro atoms. The number of hydrogen-bond acceptors (Lipinski definition) is 1. The summed E-state index contributed by atoms with van der Waals surface area (Å²) in [4.78, 5) is 10.2. The molecular weight excluding hydrogens is 152 g/mol. The van der Waals surface area contributed by atoms with E-state index in [2.05, 4.69) is 20.8 Å². The van der Waals surface area contributed by atoms with Crippen molar-refractivity contribution in [3.8, 4) is 0 Å². The molecule has 0 aliphatic rings. The molecule has 0 rings (SSSR count). The predicted octanol–water partition coefficient (Wildman–Crippen LogP) is 2.84. The second-order valence-corrected chi connectivity index (χ2v) is 3.76. The number of aliphatic carboxylic acids is 1. The van der Waals surface area contributed by atoms with Crippen molar-refractivity contribution < 1.29 is 9.90 Å². The van der Waals surface area contributed by atoms with Crippen LogP contribution in [0.2, 0.25) is 0 Å². The third kappa shape index (κ3) is 5.96. The Morgan fingerprint density at radius 3 is 2.50 bits per heavy atom. The lowest BCUT2D eigenvalue weighted by atomic mass is 9.87. The molecule has 0 fully saturated rings. The molecule has 0 unspecified atom stereocenters. The molecule has 0 aromatic carbocycles. The molecule has 0 atom stereocenters. The first kappa shape index (κ1) is 11.2. The highest BCUT2D eigenvalue weighted by atomic mass is 16.4. The van der Waals surface area contributed by atoms with Crippen LogP contribution in [-0.2, 0) is 4.79 Å². The molecule has 0 amide bonds. The SMILES string of the molecule is CCCCC(C)(C)/C=C/C(=O)O. The number of rotatable bonds is 5. The van der Waals surface area contributed by atoms with Crippen LogP contribution in [0.15, 0.2) is 12.2 Å². The van der Waals surface area contributed by atoms with Gasteiger partial charge in [-0.25, -0.2) is 4.79 Å². The number of carbonyl (C=O) groups is 1. The zero-order valence-corrected chi connectivity index (χ0v) is 8.13. The maximum absolute atomic E-state index is 10.2. The Labute approximate surface area is 74.3 Å². The first-order valence-electron chi connectivity index (χ1n) is 4.40. The summed E-state index contributed by atoms with van der Waals surface area (Å²) in [7, 11) is 0. The van der Waals surface area contributed by atoms with E-state index in [1.165, 1.54) is 6.08 Å². The van der Waals surface area contributed by atoms with E-state index in [9.17, 15) is 4.79 Å². The van der Waals surface area contributed by atoms with Crippen LogP contribution < -0.4 is 0 Å². The highest BCUT2D eigenvalue weighted by molar-refractivity contribution is 5.79. The van der Waals surface area contributed by atoms with Crippen LogP contribution in [0.3, 0.4) is 0 Å². The van der Waals surface area contributed by atoms with E-state index in [1.807, 2.05) is 0 Å². The highest BCUT2D eigenvalue weighted by Gasteiger charge is 2.12. The summed E-state index contributed by atoms with van der Waals surface area (Å²) in [5.41, 5.74) is 0.0222. The Morgan fingerprint density at radius 1 is 1.50 bits per heavy atom. The van der Waals surface area contributed by atoms with E-state index in [4.69, 9.17) is 5.11 Å². The molecule has 0 saturated heterocycles. The number of unbranched alkanes of at least 4 members (excludes halogenated alkanes) is 1. The lowest BCUT2D eigenvalue weighted by molar-refractivity contribution is -0.131. The van der Waals surface area contributed by atoms with Gasteiger partial charge in [-0.2, -0.15) is 0 Å². The van der Waals surface area contributed by atoms with Gasteiger partial charge in [-0.15, -0.1) is 0 Å². The summed E-state index contributed by atoms with van der Waals surface area (Å²) < 4.78 is 0. The molecule has 0 aromatic heterocycles. The van der Waals surface area contributed by atoms with Crippen LogP contribution in [0, 0.1) is 5.41 Å². The van der Waals surface area contributed by atoms with Crippen molar-refractivity contribution in [2.24, 2.45) is 5.41 Å². The van der Waals surface area contributed by atoms with Crippen molar-refractivity contribution in [2.45, 2.75) is 40.0 Å². The monoisotopic (exact) mass is 170 g/mol. The number of carboxylic acid groups (broad SMARTS) is 1. The van der Waals surface area contributed by atoms with E-state index >= 15 is 0 Å². The second-order valence-electron chi connectivity index (χ2n) is 3.76. The fourth-order valence-corrected chi connectivity index (χ4v) is 1.01. The molecular formula is C10H18O2. The van der Waals surface area contributed by atoms with Crippen LogP contribution in [0.4, 0.5) is 0 Å². The molecule has 0 radical (unpaired) electrons. The fourth-order valence-electron chi connectivity index (χ4n) is 1.01. The van der Waals surface area contributed by atoms with Crippen molar-refractivity contribution in [2.75, 3.05) is 0 Å². The minimum absolute atomic E-state index is 0.0222. The second kappa shape index (κ2) is 4.96. The molecule has 0 aliphatic heterocycles. The van der Waals surface area contributed by atoms with Crippen molar-refractivity contribution in [1.29, 1.82) is 0 Å². The molecule has 2 heteroatoms. The highest BCUT2D eigenvalue weighted by Crippen LogP contribution is 2.24. The zero-order chi connectivity index (χ0) is 9.61. The fraction of sp³-hybridized carbons (Fsp3) is 0.700. The van der Waals surface area contributed by atoms with Crippen LogP contribution in [0.1, 0.15) is 40.0 Å². The molecule has 70 valence electrons. The predicted molar refractivity (Wildman–Crippen MR) is 50.1 cm³/mol. The van der Waals surface area contributed by atoms with Gasteiger partial charge in [0.05, 0.1) is 0 Å². The lowest BCUT2D eigenvalue weighted by Gasteiger charge is -2.18. The Hall–Kier alpha value is -0.790. The van der Waals surface area contributed by atoms with Gasteiger partial charge in [-0.3, -0.25) is 0 Å². The summed E-state index contributed by atoms with van der Waals surface area (Å²) in [6.07, 6.45) is 6.36. The largest absolute Gasteiger partial charge is 0.478 e. The molecule has 2 nitrogen and oxygen atoms in total. The van der Waals surface area contributed by atoms with E-state index in [0.29, 0.717) is 0 Å². The van der Waals surface area contributed by atoms with Gasteiger partial charge in [-0.05, 0) is 11.8 Å². The molecule has 0 bridgehead atoms. The summed E-state index contributed by atoms with van der Waals surface area (Å²) in [6, 6.07) is 0. The summed E-state index contributed by atoms with van der Waals surface area (Å²) in [6.45, 7) is 6.25. The van der Waals surface area contributed by atoms with Gasteiger partial charge in [0.15, 0.2) is 0 Å². The first-order chi connectivity index (χ1) is 5.48. The van der Waals surface area contributed by atoms with Gasteiger partial charge in [0.25, 0.3) is 0 Å². The van der Waals surface area contributed by atoms with Crippen LogP contribution in [0.5, 0.6) is 0 Å². The van der Waals surface area contributed by atoms with Gasteiger partial charge >= 0.3 is 5.97 Å². The first-order valence-corrected chi connectivity index (χ1v) is 4.40. The molecule has 0 aromatic rings. The average molecular weight is 170 g/mol. The molecule has 0 heterocycles. The zero-order valence-electron chi connectivity index (χ0n) is 8.13. The number of allylic oxidation sites excluding steroid dienone is 1. The van der Waals surface area contributed by atoms with Crippen molar-refractivity contribution in [1.82, 2.24) is 0 Å². The van der Waals surface area contributed by atoms with E-state index in [0.717, 1.165) is 19.3 Å². The molecule has 12 heavy (non-hydrogen) atoms. The summed E-state index contributed by atoms with van der Waals surface area (Å²) in [5, 5.41) is 8.42. The minimum atomic E-state index is -0.862. The van der Waals surface area contributed by atoms with Gasteiger partial charge in [0.1, 0.15) is 0 Å². The molecule has 0 saturated carbocycles. The maximum atomic E-state index is 10.2. The Morgan fingerprint density at radius 2 is 2.08 bits per heavy atom. The standard InChI is InChI=1S/C10H18O2/c1-4-5-7-10(2,3)8-6-9(11)12/h6,8H,4-5,7H2,1-3H3,(H,11,12)/b8-6+. The Kier molecular flexibility index (Phi) is 4.64. The van der Waals surface area contributed by atoms with Crippen LogP contribution >= 0.6 is 0 Å². The third-order valence-electron chi connectivity index (χ3n) is 1.85. The van der Waals surface area contributed by atoms with E-state index in [1.54, 1.807) is 6.08 Å². The summed E-state index contributed by atoms with van der Waals surface area (Å²) in [5.74, 6) is -0.862. The van der Waals surface area contributed by atoms with Gasteiger partial charge in [-0.1, -0.05) is 39.7 Å².